The smallest absolute Gasteiger partial charge is 0.290 e. The molecule has 1 saturated carbocycles. The number of amides is 2. The van der Waals surface area contributed by atoms with Crippen molar-refractivity contribution in [3.8, 4) is 0 Å². The lowest BCUT2D eigenvalue weighted by atomic mass is 9.86. The second-order valence-corrected chi connectivity index (χ2v) is 10.4. The van der Waals surface area contributed by atoms with Crippen molar-refractivity contribution < 1.29 is 18.8 Å². The molecule has 0 bridgehead atoms. The number of rotatable bonds is 5. The van der Waals surface area contributed by atoms with Gasteiger partial charge in [-0.05, 0) is 61.8 Å². The molecule has 0 spiro atoms. The van der Waals surface area contributed by atoms with Gasteiger partial charge in [0.05, 0.1) is 11.3 Å². The Balaban J connectivity index is 1.25. The van der Waals surface area contributed by atoms with Crippen LogP contribution >= 0.6 is 0 Å². The summed E-state index contributed by atoms with van der Waals surface area (Å²) >= 11 is 0. The monoisotopic (exact) mass is 508 g/mol. The maximum Gasteiger partial charge on any atom is 0.290 e. The zero-order chi connectivity index (χ0) is 25.9. The summed E-state index contributed by atoms with van der Waals surface area (Å²) in [5.41, 5.74) is 3.08. The third kappa shape index (κ3) is 5.36. The molecule has 196 valence electrons. The van der Waals surface area contributed by atoms with E-state index in [-0.39, 0.29) is 49.0 Å². The number of H-pyrrole nitrogens is 1. The number of carbonyl (C=O) groups is 3. The Hall–Kier alpha value is -3.36. The number of hydrogen-bond acceptors (Lipinski definition) is 5. The minimum Gasteiger partial charge on any atom is -0.335 e. The van der Waals surface area contributed by atoms with E-state index < -0.39 is 17.6 Å². The number of benzene rings is 1. The van der Waals surface area contributed by atoms with Gasteiger partial charge in [0.1, 0.15) is 5.82 Å². The van der Waals surface area contributed by atoms with Crippen LogP contribution in [0, 0.1) is 11.7 Å². The molecule has 5 rings (SSSR count). The van der Waals surface area contributed by atoms with Crippen LogP contribution in [0.1, 0.15) is 77.7 Å². The number of fused-ring (bicyclic) bond motifs is 1. The Kier molecular flexibility index (Phi) is 7.48. The first-order chi connectivity index (χ1) is 17.9. The first-order valence-electron chi connectivity index (χ1n) is 13.4. The van der Waals surface area contributed by atoms with E-state index in [1.807, 2.05) is 0 Å². The second kappa shape index (κ2) is 10.9. The second-order valence-electron chi connectivity index (χ2n) is 10.4. The molecule has 0 atom stereocenters. The van der Waals surface area contributed by atoms with Crippen LogP contribution in [0.3, 0.4) is 0 Å². The highest BCUT2D eigenvalue weighted by Gasteiger charge is 2.33. The fourth-order valence-corrected chi connectivity index (χ4v) is 5.89. The number of piperazine rings is 1. The summed E-state index contributed by atoms with van der Waals surface area (Å²) in [5.74, 6) is -1.97. The van der Waals surface area contributed by atoms with Gasteiger partial charge in [0.2, 0.25) is 5.78 Å². The Morgan fingerprint density at radius 3 is 2.32 bits per heavy atom. The molecule has 1 aromatic carbocycles. The summed E-state index contributed by atoms with van der Waals surface area (Å²) in [6, 6.07) is 4.49. The molecule has 2 aliphatic carbocycles. The summed E-state index contributed by atoms with van der Waals surface area (Å²) in [4.78, 5) is 53.8. The van der Waals surface area contributed by atoms with Gasteiger partial charge >= 0.3 is 0 Å². The SMILES string of the molecule is O=C(C(=O)N1CCN(C(=O)c2cc(Cc3n[nH]c(=O)c4c3CCCC4)ccc2F)CC1)C1CCCCC1. The number of aromatic nitrogens is 2. The molecule has 3 aliphatic rings. The first-order valence-corrected chi connectivity index (χ1v) is 13.4. The van der Waals surface area contributed by atoms with Gasteiger partial charge in [0.15, 0.2) is 0 Å². The fraction of sp³-hybridized carbons (Fsp3) is 0.536. The van der Waals surface area contributed by atoms with Gasteiger partial charge in [-0.2, -0.15) is 5.10 Å². The van der Waals surface area contributed by atoms with E-state index in [9.17, 15) is 23.6 Å². The van der Waals surface area contributed by atoms with Crippen LogP contribution < -0.4 is 5.56 Å². The number of nitrogens with zero attached hydrogens (tertiary/aromatic N) is 3. The minimum absolute atomic E-state index is 0.0196. The lowest BCUT2D eigenvalue weighted by Crippen LogP contribution is -2.53. The van der Waals surface area contributed by atoms with Crippen LogP contribution in [0.5, 0.6) is 0 Å². The predicted molar refractivity (Wildman–Crippen MR) is 135 cm³/mol. The van der Waals surface area contributed by atoms with Crippen molar-refractivity contribution in [3.63, 3.8) is 0 Å². The van der Waals surface area contributed by atoms with E-state index in [0.29, 0.717) is 6.42 Å². The lowest BCUT2D eigenvalue weighted by Gasteiger charge is -2.35. The van der Waals surface area contributed by atoms with Gasteiger partial charge in [0, 0.05) is 44.1 Å². The topological polar surface area (TPSA) is 103 Å². The highest BCUT2D eigenvalue weighted by molar-refractivity contribution is 6.36. The van der Waals surface area contributed by atoms with E-state index in [0.717, 1.165) is 80.2 Å². The minimum atomic E-state index is -0.601. The zero-order valence-corrected chi connectivity index (χ0v) is 21.1. The van der Waals surface area contributed by atoms with Crippen molar-refractivity contribution in [2.24, 2.45) is 5.92 Å². The number of nitrogens with one attached hydrogen (secondary N) is 1. The number of carbonyl (C=O) groups excluding carboxylic acids is 3. The van der Waals surface area contributed by atoms with Crippen LogP contribution in [0.15, 0.2) is 23.0 Å². The normalized spacial score (nSPS) is 18.4. The number of ketones is 1. The van der Waals surface area contributed by atoms with Gasteiger partial charge in [-0.3, -0.25) is 19.2 Å². The molecule has 2 amide bonds. The van der Waals surface area contributed by atoms with Crippen molar-refractivity contribution in [2.45, 2.75) is 64.2 Å². The van der Waals surface area contributed by atoms with Gasteiger partial charge in [-0.1, -0.05) is 25.3 Å². The summed E-state index contributed by atoms with van der Waals surface area (Å²) in [6.45, 7) is 1.03. The summed E-state index contributed by atoms with van der Waals surface area (Å²) in [6.07, 6.45) is 8.52. The molecule has 2 aromatic rings. The number of halogens is 1. The summed E-state index contributed by atoms with van der Waals surface area (Å²) in [5, 5.41) is 6.83. The third-order valence-electron chi connectivity index (χ3n) is 8.06. The van der Waals surface area contributed by atoms with Crippen molar-refractivity contribution in [3.05, 3.63) is 62.3 Å². The molecule has 0 unspecified atom stereocenters. The molecule has 1 N–H and O–H groups in total. The quantitative estimate of drug-likeness (QED) is 0.626. The van der Waals surface area contributed by atoms with Crippen LogP contribution in [-0.2, 0) is 28.9 Å². The molecular formula is C28H33FN4O4. The van der Waals surface area contributed by atoms with Crippen molar-refractivity contribution in [1.82, 2.24) is 20.0 Å². The van der Waals surface area contributed by atoms with Crippen molar-refractivity contribution in [2.75, 3.05) is 26.2 Å². The molecule has 1 aliphatic heterocycles. The fourth-order valence-electron chi connectivity index (χ4n) is 5.89. The van der Waals surface area contributed by atoms with Crippen LogP contribution in [-0.4, -0.2) is 63.8 Å². The van der Waals surface area contributed by atoms with Crippen LogP contribution in [0.2, 0.25) is 0 Å². The van der Waals surface area contributed by atoms with E-state index in [1.54, 1.807) is 12.1 Å². The average molecular weight is 509 g/mol. The van der Waals surface area contributed by atoms with Crippen LogP contribution in [0.4, 0.5) is 4.39 Å². The van der Waals surface area contributed by atoms with Crippen molar-refractivity contribution >= 4 is 17.6 Å². The predicted octanol–water partition coefficient (Wildman–Crippen LogP) is 2.81. The van der Waals surface area contributed by atoms with E-state index >= 15 is 0 Å². The molecule has 0 radical (unpaired) electrons. The largest absolute Gasteiger partial charge is 0.335 e. The molecule has 9 heteroatoms. The Morgan fingerprint density at radius 2 is 1.59 bits per heavy atom. The van der Waals surface area contributed by atoms with Crippen LogP contribution in [0.25, 0.3) is 0 Å². The van der Waals surface area contributed by atoms with E-state index in [4.69, 9.17) is 0 Å². The number of hydrogen-bond donors (Lipinski definition) is 1. The molecular weight excluding hydrogens is 475 g/mol. The Bertz CT molecular complexity index is 1260. The molecule has 37 heavy (non-hydrogen) atoms. The molecule has 1 saturated heterocycles. The van der Waals surface area contributed by atoms with Gasteiger partial charge in [-0.25, -0.2) is 9.49 Å². The highest BCUT2D eigenvalue weighted by atomic mass is 19.1. The Labute approximate surface area is 215 Å². The van der Waals surface area contributed by atoms with Gasteiger partial charge in [-0.15, -0.1) is 0 Å². The average Bonchev–Trinajstić information content (AvgIpc) is 2.95. The summed E-state index contributed by atoms with van der Waals surface area (Å²) in [7, 11) is 0. The first kappa shape index (κ1) is 25.3. The zero-order valence-electron chi connectivity index (χ0n) is 21.1. The lowest BCUT2D eigenvalue weighted by molar-refractivity contribution is -0.148. The van der Waals surface area contributed by atoms with E-state index in [2.05, 4.69) is 10.2 Å². The van der Waals surface area contributed by atoms with Gasteiger partial charge in [0.25, 0.3) is 17.4 Å². The third-order valence-corrected chi connectivity index (χ3v) is 8.06. The number of aromatic amines is 1. The Morgan fingerprint density at radius 1 is 0.919 bits per heavy atom. The maximum absolute atomic E-state index is 14.7. The molecule has 1 aromatic heterocycles. The molecule has 2 fully saturated rings. The van der Waals surface area contributed by atoms with E-state index in [1.165, 1.54) is 15.9 Å². The number of Topliss-reactive ketones (excluding diaryl/α,β-unsaturated/α-hetero) is 1. The standard InChI is InChI=1S/C28H33FN4O4/c29-23-11-10-18(17-24-20-8-4-5-9-21(20)26(35)31-30-24)16-22(23)27(36)32-12-14-33(15-13-32)28(37)25(34)19-6-2-1-3-7-19/h10-11,16,19H,1-9,12-15,17H2,(H,31,35). The molecule has 8 nitrogen and oxygen atoms in total. The maximum atomic E-state index is 14.7. The van der Waals surface area contributed by atoms with Crippen molar-refractivity contribution in [1.29, 1.82) is 0 Å². The summed E-state index contributed by atoms with van der Waals surface area (Å²) < 4.78 is 14.7. The van der Waals surface area contributed by atoms with Gasteiger partial charge < -0.3 is 9.80 Å². The molecule has 2 heterocycles. The highest BCUT2D eigenvalue weighted by Crippen LogP contribution is 2.26.